The number of nitrogens with one attached hydrogen (secondary N) is 1. The van der Waals surface area contributed by atoms with Crippen LogP contribution < -0.4 is 5.32 Å². The quantitative estimate of drug-likeness (QED) is 0.332. The Labute approximate surface area is 208 Å². The molecule has 3 heterocycles. The van der Waals surface area contributed by atoms with Gasteiger partial charge in [0.2, 0.25) is 0 Å². The molecule has 1 aromatic carbocycles. The van der Waals surface area contributed by atoms with Crippen molar-refractivity contribution in [1.29, 1.82) is 0 Å². The Kier molecular flexibility index (Phi) is 7.94. The maximum atomic E-state index is 13.5. The molecule has 1 atom stereocenters. The molecule has 1 fully saturated rings. The number of amidine groups is 1. The van der Waals surface area contributed by atoms with Crippen molar-refractivity contribution in [3.05, 3.63) is 81.9 Å². The van der Waals surface area contributed by atoms with E-state index < -0.39 is 12.3 Å². The molecule has 3 aromatic rings. The van der Waals surface area contributed by atoms with E-state index in [1.54, 1.807) is 29.7 Å². The van der Waals surface area contributed by atoms with Gasteiger partial charge in [0.25, 0.3) is 0 Å². The molecule has 1 aliphatic heterocycles. The molecule has 32 heavy (non-hydrogen) atoms. The SMILES string of the molecule is Fc1ccc(C2N=C(c3cccs3)c3cccnc3NC2=NC2CC2)cc1.[Cl][Ti]([Cl])([Cl])[Cl]. The van der Waals surface area contributed by atoms with Crippen LogP contribution in [0.2, 0.25) is 0 Å². The van der Waals surface area contributed by atoms with Crippen LogP contribution in [0.1, 0.15) is 34.9 Å². The summed E-state index contributed by atoms with van der Waals surface area (Å²) in [5, 5.41) is 5.46. The van der Waals surface area contributed by atoms with Gasteiger partial charge in [0.05, 0.1) is 16.6 Å². The minimum atomic E-state index is -3.11. The second-order valence-corrected chi connectivity index (χ2v) is 23.5. The number of aromatic nitrogens is 1. The van der Waals surface area contributed by atoms with Crippen molar-refractivity contribution in [2.75, 3.05) is 5.32 Å². The first-order valence-electron chi connectivity index (χ1n) is 9.71. The Hall–Kier alpha value is -0.986. The molecule has 2 aromatic heterocycles. The summed E-state index contributed by atoms with van der Waals surface area (Å²) in [6, 6.07) is 14.5. The number of aliphatic imine (C=N–C) groups is 2. The van der Waals surface area contributed by atoms with Gasteiger partial charge in [-0.25, -0.2) is 9.37 Å². The zero-order valence-electron chi connectivity index (χ0n) is 16.5. The van der Waals surface area contributed by atoms with E-state index in [-0.39, 0.29) is 11.9 Å². The fraction of sp³-hybridized carbons (Fsp3) is 0.190. The monoisotopic (exact) mass is 564 g/mol. The van der Waals surface area contributed by atoms with E-state index in [4.69, 9.17) is 47.2 Å². The number of anilines is 1. The van der Waals surface area contributed by atoms with Gasteiger partial charge in [-0.15, -0.1) is 11.3 Å². The molecule has 0 saturated heterocycles. The van der Waals surface area contributed by atoms with Crippen molar-refractivity contribution < 1.29 is 16.7 Å². The van der Waals surface area contributed by atoms with E-state index in [0.717, 1.165) is 46.2 Å². The van der Waals surface area contributed by atoms with E-state index in [0.29, 0.717) is 6.04 Å². The van der Waals surface area contributed by atoms with Gasteiger partial charge < -0.3 is 5.32 Å². The normalized spacial score (nSPS) is 19.2. The van der Waals surface area contributed by atoms with E-state index in [1.807, 2.05) is 23.6 Å². The Morgan fingerprint density at radius 1 is 1.03 bits per heavy atom. The molecule has 0 bridgehead atoms. The van der Waals surface area contributed by atoms with Crippen molar-refractivity contribution in [3.63, 3.8) is 0 Å². The fourth-order valence-electron chi connectivity index (χ4n) is 3.14. The molecule has 0 spiro atoms. The van der Waals surface area contributed by atoms with Crippen LogP contribution in [0.5, 0.6) is 0 Å². The summed E-state index contributed by atoms with van der Waals surface area (Å²) in [6.07, 6.45) is 3.96. The molecule has 1 aliphatic carbocycles. The van der Waals surface area contributed by atoms with Crippen LogP contribution in [-0.2, 0) is 12.3 Å². The molecule has 166 valence electrons. The van der Waals surface area contributed by atoms with Gasteiger partial charge in [0.15, 0.2) is 0 Å². The van der Waals surface area contributed by atoms with E-state index in [1.165, 1.54) is 12.1 Å². The molecule has 0 amide bonds. The van der Waals surface area contributed by atoms with Crippen molar-refractivity contribution in [2.45, 2.75) is 24.9 Å². The van der Waals surface area contributed by atoms with Crippen molar-refractivity contribution in [2.24, 2.45) is 9.98 Å². The molecule has 11 heteroatoms. The third-order valence-electron chi connectivity index (χ3n) is 4.64. The standard InChI is InChI=1S/C21H17FN4S.4ClH.Ti/c22-14-7-5-13(6-8-14)18-21(24-15-9-10-15)26-20-16(3-1-11-23-20)19(25-18)17-4-2-12-27-17;;;;;/h1-8,11-12,15,18H,9-10H2,(H,23,24,26);4*1H;/q;;;;;+4/p-4. The predicted molar refractivity (Wildman–Crippen MR) is 131 cm³/mol. The molecule has 5 rings (SSSR count). The number of nitrogens with zero attached hydrogens (tertiary/aromatic N) is 3. The number of hydrogen-bond donors (Lipinski definition) is 1. The molecular weight excluding hydrogens is 549 g/mol. The van der Waals surface area contributed by atoms with Gasteiger partial charge in [-0.1, -0.05) is 18.2 Å². The molecule has 1 unspecified atom stereocenters. The summed E-state index contributed by atoms with van der Waals surface area (Å²) < 4.78 is 13.5. The Balaban J connectivity index is 0.000000444. The van der Waals surface area contributed by atoms with Crippen LogP contribution in [0.3, 0.4) is 0 Å². The first kappa shape index (κ1) is 24.1. The number of hydrogen-bond acceptors (Lipinski definition) is 4. The van der Waals surface area contributed by atoms with Gasteiger partial charge in [-0.05, 0) is 54.1 Å². The van der Waals surface area contributed by atoms with Crippen molar-refractivity contribution in [3.8, 4) is 0 Å². The van der Waals surface area contributed by atoms with Crippen LogP contribution in [0.25, 0.3) is 0 Å². The molecule has 2 aliphatic rings. The van der Waals surface area contributed by atoms with Crippen LogP contribution in [0.4, 0.5) is 10.2 Å². The molecule has 4 nitrogen and oxygen atoms in total. The summed E-state index contributed by atoms with van der Waals surface area (Å²) >= 11 is -1.47. The number of rotatable bonds is 3. The molecule has 1 N–H and O–H groups in total. The molecule has 0 radical (unpaired) electrons. The minimum absolute atomic E-state index is 0.256. The van der Waals surface area contributed by atoms with Crippen LogP contribution in [0.15, 0.2) is 70.1 Å². The topological polar surface area (TPSA) is 49.6 Å². The zero-order valence-corrected chi connectivity index (χ0v) is 21.9. The first-order chi connectivity index (χ1) is 15.3. The molecule has 1 saturated carbocycles. The number of fused-ring (bicyclic) bond motifs is 1. The predicted octanol–water partition coefficient (Wildman–Crippen LogP) is 7.60. The maximum absolute atomic E-state index is 13.5. The Bertz CT molecular complexity index is 1120. The number of thiophene rings is 1. The van der Waals surface area contributed by atoms with Gasteiger partial charge in [0.1, 0.15) is 23.5 Å². The van der Waals surface area contributed by atoms with Gasteiger partial charge in [-0.2, -0.15) is 0 Å². The van der Waals surface area contributed by atoms with Gasteiger partial charge in [-0.3, -0.25) is 9.98 Å². The van der Waals surface area contributed by atoms with Crippen LogP contribution in [0, 0.1) is 5.82 Å². The summed E-state index contributed by atoms with van der Waals surface area (Å²) in [7, 11) is 20.1. The van der Waals surface area contributed by atoms with Crippen LogP contribution in [-0.4, -0.2) is 22.6 Å². The van der Waals surface area contributed by atoms with E-state index in [9.17, 15) is 4.39 Å². The average Bonchev–Trinajstić information content (AvgIpc) is 3.42. The number of pyridine rings is 1. The average molecular weight is 566 g/mol. The zero-order chi connectivity index (χ0) is 22.7. The third kappa shape index (κ3) is 6.77. The number of benzene rings is 1. The second kappa shape index (κ2) is 10.5. The van der Waals surface area contributed by atoms with Crippen molar-refractivity contribution >= 4 is 65.9 Å². The number of halogens is 5. The summed E-state index contributed by atoms with van der Waals surface area (Å²) in [5.74, 6) is 1.28. The van der Waals surface area contributed by atoms with Crippen molar-refractivity contribution in [1.82, 2.24) is 4.98 Å². The van der Waals surface area contributed by atoms with Gasteiger partial charge in [0, 0.05) is 11.8 Å². The Morgan fingerprint density at radius 3 is 2.38 bits per heavy atom. The summed E-state index contributed by atoms with van der Waals surface area (Å²) in [4.78, 5) is 15.6. The van der Waals surface area contributed by atoms with E-state index >= 15 is 0 Å². The third-order valence-corrected chi connectivity index (χ3v) is 5.51. The summed E-state index contributed by atoms with van der Waals surface area (Å²) in [6.45, 7) is 0. The molecular formula is C21H17Cl4FN4STi. The van der Waals surface area contributed by atoms with Crippen LogP contribution >= 0.6 is 48.6 Å². The second-order valence-electron chi connectivity index (χ2n) is 7.11. The Morgan fingerprint density at radius 2 is 1.75 bits per heavy atom. The van der Waals surface area contributed by atoms with E-state index in [2.05, 4.69) is 16.4 Å². The first-order valence-corrected chi connectivity index (χ1v) is 19.2. The van der Waals surface area contributed by atoms with Gasteiger partial charge >= 0.3 is 49.6 Å². The fourth-order valence-corrected chi connectivity index (χ4v) is 3.87. The summed E-state index contributed by atoms with van der Waals surface area (Å²) in [5.41, 5.74) is 2.74.